The molecule has 0 radical (unpaired) electrons. The number of Topliss-reactive ketones (excluding diaryl/α,β-unsaturated/α-hetero) is 1. The van der Waals surface area contributed by atoms with Crippen molar-refractivity contribution in [2.24, 2.45) is 4.99 Å². The van der Waals surface area contributed by atoms with Gasteiger partial charge in [0.1, 0.15) is 5.82 Å². The lowest BCUT2D eigenvalue weighted by Gasteiger charge is -2.05. The maximum atomic E-state index is 13.1. The molecule has 1 aliphatic heterocycles. The standard InChI is InChI=1S/C20H16FN3O2S/c21-14-7-5-13(6-8-14)11-24-12-16(15-3-1-2-4-17(15)24)18(25)19(26)23-20-22-9-10-27-20/h1-8,12H,9-11H2,(H,22,23,26). The third kappa shape index (κ3) is 3.64. The summed E-state index contributed by atoms with van der Waals surface area (Å²) >= 11 is 1.43. The van der Waals surface area contributed by atoms with Gasteiger partial charge >= 0.3 is 0 Å². The number of aromatic nitrogens is 1. The largest absolute Gasteiger partial charge is 0.342 e. The van der Waals surface area contributed by atoms with Crippen LogP contribution in [0.4, 0.5) is 4.39 Å². The summed E-state index contributed by atoms with van der Waals surface area (Å²) in [4.78, 5) is 29.2. The monoisotopic (exact) mass is 381 g/mol. The number of ketones is 1. The van der Waals surface area contributed by atoms with Crippen molar-refractivity contribution in [3.63, 3.8) is 0 Å². The van der Waals surface area contributed by atoms with E-state index >= 15 is 0 Å². The molecular formula is C20H16FN3O2S. The quantitative estimate of drug-likeness (QED) is 0.557. The Balaban J connectivity index is 1.65. The Hall–Kier alpha value is -2.93. The molecular weight excluding hydrogens is 365 g/mol. The smallest absolute Gasteiger partial charge is 0.298 e. The molecule has 7 heteroatoms. The van der Waals surface area contributed by atoms with Gasteiger partial charge in [-0.3, -0.25) is 19.9 Å². The van der Waals surface area contributed by atoms with Crippen molar-refractivity contribution in [3.8, 4) is 0 Å². The van der Waals surface area contributed by atoms with Crippen LogP contribution in [0.1, 0.15) is 15.9 Å². The molecule has 1 N–H and O–H groups in total. The first-order valence-corrected chi connectivity index (χ1v) is 9.45. The van der Waals surface area contributed by atoms with Crippen molar-refractivity contribution >= 4 is 39.5 Å². The van der Waals surface area contributed by atoms with Gasteiger partial charge < -0.3 is 4.57 Å². The molecule has 0 saturated carbocycles. The number of aliphatic imine (C=N–C) groups is 1. The van der Waals surface area contributed by atoms with E-state index in [2.05, 4.69) is 10.3 Å². The second kappa shape index (κ2) is 7.36. The molecule has 0 atom stereocenters. The van der Waals surface area contributed by atoms with Crippen LogP contribution in [0.5, 0.6) is 0 Å². The summed E-state index contributed by atoms with van der Waals surface area (Å²) in [5.41, 5.74) is 2.08. The minimum Gasteiger partial charge on any atom is -0.342 e. The van der Waals surface area contributed by atoms with Crippen LogP contribution >= 0.6 is 11.8 Å². The van der Waals surface area contributed by atoms with E-state index in [1.54, 1.807) is 18.3 Å². The van der Waals surface area contributed by atoms with Crippen molar-refractivity contribution < 1.29 is 14.0 Å². The molecule has 136 valence electrons. The third-order valence-corrected chi connectivity index (χ3v) is 5.20. The molecule has 0 aliphatic carbocycles. The first-order chi connectivity index (χ1) is 13.1. The highest BCUT2D eigenvalue weighted by molar-refractivity contribution is 8.14. The number of rotatable bonds is 4. The molecule has 0 unspecified atom stereocenters. The molecule has 0 fully saturated rings. The fourth-order valence-electron chi connectivity index (χ4n) is 3.03. The zero-order chi connectivity index (χ0) is 18.8. The van der Waals surface area contributed by atoms with E-state index in [-0.39, 0.29) is 5.82 Å². The number of carbonyl (C=O) groups is 2. The Kier molecular flexibility index (Phi) is 4.77. The van der Waals surface area contributed by atoms with Gasteiger partial charge in [0.2, 0.25) is 0 Å². The fraction of sp³-hybridized carbons (Fsp3) is 0.150. The van der Waals surface area contributed by atoms with Crippen LogP contribution in [0.2, 0.25) is 0 Å². The van der Waals surface area contributed by atoms with Crippen molar-refractivity contribution in [1.29, 1.82) is 0 Å². The van der Waals surface area contributed by atoms with Gasteiger partial charge in [-0.1, -0.05) is 42.1 Å². The SMILES string of the molecule is O=C(NC1=NCCS1)C(=O)c1cn(Cc2ccc(F)cc2)c2ccccc12. The third-order valence-electron chi connectivity index (χ3n) is 4.31. The molecule has 5 nitrogen and oxygen atoms in total. The minimum atomic E-state index is -0.687. The van der Waals surface area contributed by atoms with Gasteiger partial charge in [-0.2, -0.15) is 0 Å². The summed E-state index contributed by atoms with van der Waals surface area (Å²) in [6, 6.07) is 13.6. The van der Waals surface area contributed by atoms with Crippen LogP contribution in [-0.4, -0.2) is 33.7 Å². The Labute approximate surface area is 159 Å². The van der Waals surface area contributed by atoms with E-state index in [4.69, 9.17) is 0 Å². The number of hydrogen-bond donors (Lipinski definition) is 1. The van der Waals surface area contributed by atoms with Crippen LogP contribution in [0.25, 0.3) is 10.9 Å². The summed E-state index contributed by atoms with van der Waals surface area (Å²) < 4.78 is 15.0. The van der Waals surface area contributed by atoms with Crippen LogP contribution in [0.15, 0.2) is 59.7 Å². The van der Waals surface area contributed by atoms with Gasteiger partial charge in [-0.15, -0.1) is 0 Å². The Morgan fingerprint density at radius 2 is 1.93 bits per heavy atom. The minimum absolute atomic E-state index is 0.295. The number of carbonyl (C=O) groups excluding carboxylic acids is 2. The van der Waals surface area contributed by atoms with Gasteiger partial charge in [0, 0.05) is 29.4 Å². The summed E-state index contributed by atoms with van der Waals surface area (Å²) in [7, 11) is 0. The van der Waals surface area contributed by atoms with E-state index in [1.165, 1.54) is 23.9 Å². The van der Waals surface area contributed by atoms with Gasteiger partial charge in [0.25, 0.3) is 11.7 Å². The topological polar surface area (TPSA) is 63.5 Å². The van der Waals surface area contributed by atoms with Gasteiger partial charge in [-0.05, 0) is 23.8 Å². The fourth-order valence-corrected chi connectivity index (χ4v) is 3.76. The molecule has 1 aliphatic rings. The maximum Gasteiger partial charge on any atom is 0.298 e. The predicted molar refractivity (Wildman–Crippen MR) is 105 cm³/mol. The molecule has 0 bridgehead atoms. The maximum absolute atomic E-state index is 13.1. The molecule has 4 rings (SSSR count). The first-order valence-electron chi connectivity index (χ1n) is 8.47. The van der Waals surface area contributed by atoms with Crippen molar-refractivity contribution in [2.75, 3.05) is 12.3 Å². The molecule has 3 aromatic rings. The number of amides is 1. The zero-order valence-corrected chi connectivity index (χ0v) is 15.1. The van der Waals surface area contributed by atoms with Gasteiger partial charge in [0.15, 0.2) is 5.17 Å². The van der Waals surface area contributed by atoms with Crippen LogP contribution in [0.3, 0.4) is 0 Å². The lowest BCUT2D eigenvalue weighted by molar-refractivity contribution is -0.115. The van der Waals surface area contributed by atoms with E-state index in [1.807, 2.05) is 28.8 Å². The van der Waals surface area contributed by atoms with Crippen LogP contribution in [0, 0.1) is 5.82 Å². The average Bonchev–Trinajstić information content (AvgIpc) is 3.31. The Morgan fingerprint density at radius 3 is 2.67 bits per heavy atom. The van der Waals surface area contributed by atoms with E-state index in [0.29, 0.717) is 29.2 Å². The Bertz CT molecular complexity index is 1060. The number of nitrogens with one attached hydrogen (secondary N) is 1. The summed E-state index contributed by atoms with van der Waals surface area (Å²) in [6.45, 7) is 1.11. The van der Waals surface area contributed by atoms with E-state index in [9.17, 15) is 14.0 Å². The van der Waals surface area contributed by atoms with E-state index < -0.39 is 11.7 Å². The molecule has 0 saturated heterocycles. The van der Waals surface area contributed by atoms with Crippen molar-refractivity contribution in [3.05, 3.63) is 71.7 Å². The first kappa shape index (κ1) is 17.5. The number of fused-ring (bicyclic) bond motifs is 1. The second-order valence-electron chi connectivity index (χ2n) is 6.13. The van der Waals surface area contributed by atoms with Gasteiger partial charge in [-0.25, -0.2) is 4.39 Å². The summed E-state index contributed by atoms with van der Waals surface area (Å²) in [6.07, 6.45) is 1.68. The molecule has 2 aromatic carbocycles. The highest BCUT2D eigenvalue weighted by atomic mass is 32.2. The highest BCUT2D eigenvalue weighted by Crippen LogP contribution is 2.23. The van der Waals surface area contributed by atoms with Crippen LogP contribution in [-0.2, 0) is 11.3 Å². The molecule has 0 spiro atoms. The van der Waals surface area contributed by atoms with Gasteiger partial charge in [0.05, 0.1) is 12.1 Å². The number of hydrogen-bond acceptors (Lipinski definition) is 4. The van der Waals surface area contributed by atoms with Crippen LogP contribution < -0.4 is 5.32 Å². The number of amidine groups is 1. The lowest BCUT2D eigenvalue weighted by Crippen LogP contribution is -2.33. The second-order valence-corrected chi connectivity index (χ2v) is 7.22. The molecule has 27 heavy (non-hydrogen) atoms. The highest BCUT2D eigenvalue weighted by Gasteiger charge is 2.23. The number of nitrogens with zero attached hydrogens (tertiary/aromatic N) is 2. The molecule has 1 aromatic heterocycles. The number of halogens is 1. The number of para-hydroxylation sites is 1. The zero-order valence-electron chi connectivity index (χ0n) is 14.3. The number of benzene rings is 2. The van der Waals surface area contributed by atoms with E-state index in [0.717, 1.165) is 16.8 Å². The lowest BCUT2D eigenvalue weighted by atomic mass is 10.1. The summed E-state index contributed by atoms with van der Waals surface area (Å²) in [5.74, 6) is -0.774. The molecule has 1 amide bonds. The molecule has 2 heterocycles. The van der Waals surface area contributed by atoms with Crippen molar-refractivity contribution in [1.82, 2.24) is 9.88 Å². The number of thioether (sulfide) groups is 1. The summed E-state index contributed by atoms with van der Waals surface area (Å²) in [5, 5.41) is 3.78. The predicted octanol–water partition coefficient (Wildman–Crippen LogP) is 3.23. The van der Waals surface area contributed by atoms with Crippen molar-refractivity contribution in [2.45, 2.75) is 6.54 Å². The average molecular weight is 381 g/mol. The Morgan fingerprint density at radius 1 is 1.15 bits per heavy atom. The normalized spacial score (nSPS) is 13.6.